The van der Waals surface area contributed by atoms with E-state index in [1.807, 2.05) is 18.6 Å². The third-order valence-corrected chi connectivity index (χ3v) is 3.41. The zero-order chi connectivity index (χ0) is 11.3. The molecule has 3 nitrogen and oxygen atoms in total. The molecule has 0 amide bonds. The van der Waals surface area contributed by atoms with Gasteiger partial charge in [-0.3, -0.25) is 0 Å². The molecule has 1 aromatic heterocycles. The predicted molar refractivity (Wildman–Crippen MR) is 64.4 cm³/mol. The first-order chi connectivity index (χ1) is 7.07. The largest absolute Gasteiger partial charge is 0.379 e. The number of nitrogens with one attached hydrogen (secondary N) is 1. The minimum Gasteiger partial charge on any atom is -0.379 e. The summed E-state index contributed by atoms with van der Waals surface area (Å²) in [4.78, 5) is 4.30. The van der Waals surface area contributed by atoms with Gasteiger partial charge in [0.1, 0.15) is 0 Å². The number of rotatable bonds is 6. The van der Waals surface area contributed by atoms with Crippen LogP contribution in [0.5, 0.6) is 0 Å². The molecule has 0 radical (unpaired) electrons. The third-order valence-electron chi connectivity index (χ3n) is 2.60. The zero-order valence-electron chi connectivity index (χ0n) is 9.91. The van der Waals surface area contributed by atoms with Crippen LogP contribution in [0.2, 0.25) is 0 Å². The lowest BCUT2D eigenvalue weighted by Crippen LogP contribution is -2.37. The van der Waals surface area contributed by atoms with Crippen LogP contribution in [0.25, 0.3) is 0 Å². The van der Waals surface area contributed by atoms with Crippen LogP contribution in [0, 0.1) is 0 Å². The van der Waals surface area contributed by atoms with E-state index >= 15 is 0 Å². The van der Waals surface area contributed by atoms with Crippen LogP contribution in [0.3, 0.4) is 0 Å². The lowest BCUT2D eigenvalue weighted by Gasteiger charge is -2.28. The minimum absolute atomic E-state index is 0.0784. The average molecular weight is 228 g/mol. The fourth-order valence-electron chi connectivity index (χ4n) is 1.52. The molecule has 1 unspecified atom stereocenters. The summed E-state index contributed by atoms with van der Waals surface area (Å²) < 4.78 is 5.43. The van der Waals surface area contributed by atoms with E-state index in [4.69, 9.17) is 4.74 Å². The number of hydrogen-bond donors (Lipinski definition) is 1. The van der Waals surface area contributed by atoms with Gasteiger partial charge < -0.3 is 10.1 Å². The Bertz CT molecular complexity index is 272. The van der Waals surface area contributed by atoms with Crippen molar-refractivity contribution in [2.24, 2.45) is 0 Å². The highest BCUT2D eigenvalue weighted by molar-refractivity contribution is 7.09. The first kappa shape index (κ1) is 12.6. The lowest BCUT2D eigenvalue weighted by atomic mass is 9.97. The quantitative estimate of drug-likeness (QED) is 0.809. The van der Waals surface area contributed by atoms with Gasteiger partial charge in [-0.05, 0) is 27.3 Å². The van der Waals surface area contributed by atoms with E-state index in [0.717, 1.165) is 12.8 Å². The summed E-state index contributed by atoms with van der Waals surface area (Å²) >= 11 is 1.71. The maximum atomic E-state index is 5.43. The molecule has 0 fully saturated rings. The first-order valence-corrected chi connectivity index (χ1v) is 6.06. The van der Waals surface area contributed by atoms with E-state index in [-0.39, 0.29) is 5.60 Å². The minimum atomic E-state index is -0.0784. The molecule has 15 heavy (non-hydrogen) atoms. The molecule has 0 saturated carbocycles. The number of nitrogens with zero attached hydrogens (tertiary/aromatic N) is 1. The van der Waals surface area contributed by atoms with Crippen LogP contribution < -0.4 is 5.32 Å². The van der Waals surface area contributed by atoms with Crippen LogP contribution in [0.4, 0.5) is 0 Å². The normalized spacial score (nSPS) is 14.1. The summed E-state index contributed by atoms with van der Waals surface area (Å²) in [6, 6.07) is 0.422. The van der Waals surface area contributed by atoms with E-state index in [1.54, 1.807) is 18.4 Å². The number of likely N-dealkylation sites (N-methyl/N-ethyl adjacent to an activating group) is 1. The molecule has 1 N–H and O–H groups in total. The maximum Gasteiger partial charge on any atom is 0.0940 e. The Morgan fingerprint density at radius 1 is 1.60 bits per heavy atom. The van der Waals surface area contributed by atoms with Gasteiger partial charge in [-0.15, -0.1) is 11.3 Å². The molecular formula is C11H20N2OS. The molecule has 0 saturated heterocycles. The Balaban J connectivity index is 2.50. The Morgan fingerprint density at radius 3 is 2.80 bits per heavy atom. The van der Waals surface area contributed by atoms with Crippen molar-refractivity contribution in [1.82, 2.24) is 10.3 Å². The number of hydrogen-bond acceptors (Lipinski definition) is 4. The number of ether oxygens (including phenoxy) is 1. The fraction of sp³-hybridized carbons (Fsp3) is 0.727. The van der Waals surface area contributed by atoms with Crippen molar-refractivity contribution in [3.63, 3.8) is 0 Å². The SMILES string of the molecule is CNC(Cc1nccs1)CC(C)(C)OC. The second-order valence-corrected chi connectivity index (χ2v) is 5.26. The highest BCUT2D eigenvalue weighted by Crippen LogP contribution is 2.18. The molecule has 86 valence electrons. The van der Waals surface area contributed by atoms with Crippen LogP contribution in [0.15, 0.2) is 11.6 Å². The molecule has 0 aliphatic carbocycles. The van der Waals surface area contributed by atoms with Gasteiger partial charge in [0.15, 0.2) is 0 Å². The van der Waals surface area contributed by atoms with E-state index in [1.165, 1.54) is 5.01 Å². The van der Waals surface area contributed by atoms with Gasteiger partial charge in [0.25, 0.3) is 0 Å². The first-order valence-electron chi connectivity index (χ1n) is 5.18. The molecule has 1 atom stereocenters. The number of methoxy groups -OCH3 is 1. The van der Waals surface area contributed by atoms with Crippen molar-refractivity contribution < 1.29 is 4.74 Å². The molecule has 1 rings (SSSR count). The van der Waals surface area contributed by atoms with Crippen molar-refractivity contribution in [2.45, 2.75) is 38.3 Å². The van der Waals surface area contributed by atoms with Gasteiger partial charge in [-0.25, -0.2) is 4.98 Å². The highest BCUT2D eigenvalue weighted by atomic mass is 32.1. The molecule has 4 heteroatoms. The monoisotopic (exact) mass is 228 g/mol. The highest BCUT2D eigenvalue weighted by Gasteiger charge is 2.22. The fourth-order valence-corrected chi connectivity index (χ4v) is 2.22. The van der Waals surface area contributed by atoms with Crippen molar-refractivity contribution in [3.8, 4) is 0 Å². The van der Waals surface area contributed by atoms with E-state index in [9.17, 15) is 0 Å². The summed E-state index contributed by atoms with van der Waals surface area (Å²) in [6.45, 7) is 4.22. The van der Waals surface area contributed by atoms with E-state index in [0.29, 0.717) is 6.04 Å². The Morgan fingerprint density at radius 2 is 2.33 bits per heavy atom. The molecule has 0 bridgehead atoms. The van der Waals surface area contributed by atoms with Crippen LogP contribution in [-0.2, 0) is 11.2 Å². The summed E-state index contributed by atoms with van der Waals surface area (Å²) in [7, 11) is 3.75. The maximum absolute atomic E-state index is 5.43. The van der Waals surface area contributed by atoms with Gasteiger partial charge >= 0.3 is 0 Å². The molecule has 0 aliphatic heterocycles. The number of aromatic nitrogens is 1. The molecule has 0 spiro atoms. The van der Waals surface area contributed by atoms with Gasteiger partial charge in [-0.2, -0.15) is 0 Å². The standard InChI is InChI=1S/C11H20N2OS/c1-11(2,14-4)8-9(12-3)7-10-13-5-6-15-10/h5-6,9,12H,7-8H2,1-4H3. The third kappa shape index (κ3) is 4.28. The smallest absolute Gasteiger partial charge is 0.0940 e. The van der Waals surface area contributed by atoms with Crippen molar-refractivity contribution in [2.75, 3.05) is 14.2 Å². The average Bonchev–Trinajstić information content (AvgIpc) is 2.69. The van der Waals surface area contributed by atoms with Crippen molar-refractivity contribution in [3.05, 3.63) is 16.6 Å². The van der Waals surface area contributed by atoms with Crippen LogP contribution in [-0.4, -0.2) is 30.8 Å². The Kier molecular flexibility index (Phi) is 4.70. The zero-order valence-corrected chi connectivity index (χ0v) is 10.7. The summed E-state index contributed by atoms with van der Waals surface area (Å²) in [5.74, 6) is 0. The topological polar surface area (TPSA) is 34.2 Å². The number of thiazole rings is 1. The molecule has 1 heterocycles. The predicted octanol–water partition coefficient (Wildman–Crippen LogP) is 2.09. The van der Waals surface area contributed by atoms with Gasteiger partial charge in [-0.1, -0.05) is 0 Å². The summed E-state index contributed by atoms with van der Waals surface area (Å²) in [5, 5.41) is 6.52. The Labute approximate surface area is 95.9 Å². The summed E-state index contributed by atoms with van der Waals surface area (Å²) in [6.07, 6.45) is 3.81. The molecule has 1 aromatic rings. The van der Waals surface area contributed by atoms with E-state index in [2.05, 4.69) is 24.1 Å². The van der Waals surface area contributed by atoms with Crippen LogP contribution in [0.1, 0.15) is 25.3 Å². The van der Waals surface area contributed by atoms with Crippen LogP contribution >= 0.6 is 11.3 Å². The van der Waals surface area contributed by atoms with E-state index < -0.39 is 0 Å². The molecular weight excluding hydrogens is 208 g/mol. The van der Waals surface area contributed by atoms with Gasteiger partial charge in [0, 0.05) is 31.1 Å². The molecule has 0 aliphatic rings. The van der Waals surface area contributed by atoms with Gasteiger partial charge in [0.05, 0.1) is 10.6 Å². The Hall–Kier alpha value is -0.450. The second-order valence-electron chi connectivity index (χ2n) is 4.28. The lowest BCUT2D eigenvalue weighted by molar-refractivity contribution is 0.00772. The summed E-state index contributed by atoms with van der Waals surface area (Å²) in [5.41, 5.74) is -0.0784. The van der Waals surface area contributed by atoms with Gasteiger partial charge in [0.2, 0.25) is 0 Å². The van der Waals surface area contributed by atoms with Crippen molar-refractivity contribution in [1.29, 1.82) is 0 Å². The second kappa shape index (κ2) is 5.58. The van der Waals surface area contributed by atoms with Crippen molar-refractivity contribution >= 4 is 11.3 Å². The molecule has 0 aromatic carbocycles.